The Morgan fingerprint density at radius 3 is 2.31 bits per heavy atom. The highest BCUT2D eigenvalue weighted by Crippen LogP contribution is 2.21. The molecule has 0 radical (unpaired) electrons. The first-order chi connectivity index (χ1) is 7.63. The van der Waals surface area contributed by atoms with Gasteiger partial charge in [0.2, 0.25) is 0 Å². The predicted octanol–water partition coefficient (Wildman–Crippen LogP) is 2.01. The van der Waals surface area contributed by atoms with Crippen LogP contribution in [0.4, 0.5) is 4.39 Å². The molecule has 0 bridgehead atoms. The van der Waals surface area contributed by atoms with Crippen LogP contribution < -0.4 is 5.32 Å². The number of rotatable bonds is 5. The molecule has 1 aromatic rings. The van der Waals surface area contributed by atoms with Crippen molar-refractivity contribution < 1.29 is 13.9 Å². The molecule has 0 saturated heterocycles. The van der Waals surface area contributed by atoms with Crippen LogP contribution in [0.1, 0.15) is 17.2 Å². The number of halogens is 1. The standard InChI is InChI=1S/C12H18FNO2/c1-8-5-6-9(7-10(8)13)11(14-2)12(15-3)16-4/h5-7,11-12,14H,1-4H3. The molecule has 1 unspecified atom stereocenters. The van der Waals surface area contributed by atoms with Crippen molar-refractivity contribution in [2.45, 2.75) is 19.3 Å². The Balaban J connectivity index is 2.98. The third-order valence-corrected chi connectivity index (χ3v) is 2.60. The van der Waals surface area contributed by atoms with Crippen LogP contribution >= 0.6 is 0 Å². The van der Waals surface area contributed by atoms with Gasteiger partial charge < -0.3 is 14.8 Å². The molecule has 0 fully saturated rings. The van der Waals surface area contributed by atoms with Crippen molar-refractivity contribution in [3.63, 3.8) is 0 Å². The number of ether oxygens (including phenoxy) is 2. The van der Waals surface area contributed by atoms with Crippen LogP contribution in [-0.4, -0.2) is 27.6 Å². The molecule has 90 valence electrons. The molecule has 1 rings (SSSR count). The second-order valence-corrected chi connectivity index (χ2v) is 3.61. The average molecular weight is 227 g/mol. The summed E-state index contributed by atoms with van der Waals surface area (Å²) in [6, 6.07) is 4.92. The molecule has 4 heteroatoms. The maximum Gasteiger partial charge on any atom is 0.176 e. The summed E-state index contributed by atoms with van der Waals surface area (Å²) < 4.78 is 23.8. The van der Waals surface area contributed by atoms with Crippen LogP contribution in [0, 0.1) is 12.7 Å². The first-order valence-corrected chi connectivity index (χ1v) is 5.13. The van der Waals surface area contributed by atoms with E-state index in [1.165, 1.54) is 6.07 Å². The molecule has 3 nitrogen and oxygen atoms in total. The van der Waals surface area contributed by atoms with E-state index >= 15 is 0 Å². The molecule has 0 aliphatic carbocycles. The lowest BCUT2D eigenvalue weighted by Crippen LogP contribution is -2.32. The second-order valence-electron chi connectivity index (χ2n) is 3.61. The summed E-state index contributed by atoms with van der Waals surface area (Å²) in [6.45, 7) is 1.73. The summed E-state index contributed by atoms with van der Waals surface area (Å²) in [5, 5.41) is 3.05. The van der Waals surface area contributed by atoms with Gasteiger partial charge in [0.05, 0.1) is 6.04 Å². The highest BCUT2D eigenvalue weighted by molar-refractivity contribution is 5.26. The van der Waals surface area contributed by atoms with Crippen LogP contribution in [0.5, 0.6) is 0 Å². The van der Waals surface area contributed by atoms with E-state index in [1.54, 1.807) is 34.3 Å². The summed E-state index contributed by atoms with van der Waals surface area (Å²) >= 11 is 0. The summed E-state index contributed by atoms with van der Waals surface area (Å²) in [5.74, 6) is -0.219. The first-order valence-electron chi connectivity index (χ1n) is 5.13. The van der Waals surface area contributed by atoms with Gasteiger partial charge in [-0.05, 0) is 31.2 Å². The van der Waals surface area contributed by atoms with Gasteiger partial charge in [-0.3, -0.25) is 0 Å². The van der Waals surface area contributed by atoms with Gasteiger partial charge in [0.25, 0.3) is 0 Å². The molecule has 1 atom stereocenters. The molecule has 0 spiro atoms. The molecule has 1 aromatic carbocycles. The highest BCUT2D eigenvalue weighted by atomic mass is 19.1. The molecular weight excluding hydrogens is 209 g/mol. The Morgan fingerprint density at radius 1 is 1.25 bits per heavy atom. The van der Waals surface area contributed by atoms with Gasteiger partial charge in [0.1, 0.15) is 5.82 Å². The number of nitrogens with one attached hydrogen (secondary N) is 1. The fraction of sp³-hybridized carbons (Fsp3) is 0.500. The Morgan fingerprint density at radius 2 is 1.88 bits per heavy atom. The maximum absolute atomic E-state index is 13.4. The number of benzene rings is 1. The lowest BCUT2D eigenvalue weighted by molar-refractivity contribution is -0.123. The lowest BCUT2D eigenvalue weighted by atomic mass is 10.0. The van der Waals surface area contributed by atoms with Gasteiger partial charge in [0.15, 0.2) is 6.29 Å². The van der Waals surface area contributed by atoms with Gasteiger partial charge in [-0.25, -0.2) is 4.39 Å². The van der Waals surface area contributed by atoms with E-state index in [0.717, 1.165) is 5.56 Å². The zero-order valence-corrected chi connectivity index (χ0v) is 10.1. The number of hydrogen-bond acceptors (Lipinski definition) is 3. The molecule has 0 amide bonds. The van der Waals surface area contributed by atoms with E-state index < -0.39 is 6.29 Å². The molecule has 0 aromatic heterocycles. The van der Waals surface area contributed by atoms with Crippen LogP contribution in [0.25, 0.3) is 0 Å². The summed E-state index contributed by atoms with van der Waals surface area (Å²) in [4.78, 5) is 0. The molecule has 1 N–H and O–H groups in total. The largest absolute Gasteiger partial charge is 0.354 e. The van der Waals surface area contributed by atoms with E-state index in [4.69, 9.17) is 9.47 Å². The molecule has 16 heavy (non-hydrogen) atoms. The molecule has 0 saturated carbocycles. The Bertz CT molecular complexity index is 340. The quantitative estimate of drug-likeness (QED) is 0.781. The van der Waals surface area contributed by atoms with Crippen molar-refractivity contribution >= 4 is 0 Å². The minimum Gasteiger partial charge on any atom is -0.354 e. The minimum absolute atomic E-state index is 0.190. The van der Waals surface area contributed by atoms with Crippen LogP contribution in [0.15, 0.2) is 18.2 Å². The zero-order chi connectivity index (χ0) is 12.1. The van der Waals surface area contributed by atoms with Crippen molar-refractivity contribution in [3.05, 3.63) is 35.1 Å². The van der Waals surface area contributed by atoms with E-state index in [1.807, 2.05) is 6.07 Å². The van der Waals surface area contributed by atoms with Crippen molar-refractivity contribution in [2.75, 3.05) is 21.3 Å². The van der Waals surface area contributed by atoms with Gasteiger partial charge in [0, 0.05) is 14.2 Å². The van der Waals surface area contributed by atoms with Crippen molar-refractivity contribution in [1.29, 1.82) is 0 Å². The SMILES string of the molecule is CNC(c1ccc(C)c(F)c1)C(OC)OC. The van der Waals surface area contributed by atoms with Crippen LogP contribution in [0.3, 0.4) is 0 Å². The molecule has 0 aliphatic rings. The Kier molecular flexibility index (Phi) is 4.86. The van der Waals surface area contributed by atoms with Crippen LogP contribution in [-0.2, 0) is 9.47 Å². The fourth-order valence-electron chi connectivity index (χ4n) is 1.63. The van der Waals surface area contributed by atoms with Gasteiger partial charge >= 0.3 is 0 Å². The van der Waals surface area contributed by atoms with Gasteiger partial charge in [-0.2, -0.15) is 0 Å². The van der Waals surface area contributed by atoms with Crippen molar-refractivity contribution in [1.82, 2.24) is 5.32 Å². The monoisotopic (exact) mass is 227 g/mol. The summed E-state index contributed by atoms with van der Waals surface area (Å²) in [6.07, 6.45) is -0.438. The third-order valence-electron chi connectivity index (χ3n) is 2.60. The second kappa shape index (κ2) is 5.94. The predicted molar refractivity (Wildman–Crippen MR) is 60.7 cm³/mol. The number of hydrogen-bond donors (Lipinski definition) is 1. The molecule has 0 heterocycles. The fourth-order valence-corrected chi connectivity index (χ4v) is 1.63. The van der Waals surface area contributed by atoms with E-state index in [-0.39, 0.29) is 11.9 Å². The summed E-state index contributed by atoms with van der Waals surface area (Å²) in [5.41, 5.74) is 1.43. The van der Waals surface area contributed by atoms with E-state index in [0.29, 0.717) is 5.56 Å². The maximum atomic E-state index is 13.4. The lowest BCUT2D eigenvalue weighted by Gasteiger charge is -2.24. The Labute approximate surface area is 95.6 Å². The van der Waals surface area contributed by atoms with Crippen molar-refractivity contribution in [3.8, 4) is 0 Å². The number of likely N-dealkylation sites (N-methyl/N-ethyl adjacent to an activating group) is 1. The van der Waals surface area contributed by atoms with Gasteiger partial charge in [-0.15, -0.1) is 0 Å². The number of methoxy groups -OCH3 is 2. The van der Waals surface area contributed by atoms with E-state index in [9.17, 15) is 4.39 Å². The normalized spacial score (nSPS) is 13.1. The Hall–Kier alpha value is -0.970. The van der Waals surface area contributed by atoms with Crippen molar-refractivity contribution in [2.24, 2.45) is 0 Å². The minimum atomic E-state index is -0.438. The topological polar surface area (TPSA) is 30.5 Å². The first kappa shape index (κ1) is 13.1. The third kappa shape index (κ3) is 2.78. The zero-order valence-electron chi connectivity index (χ0n) is 10.1. The van der Waals surface area contributed by atoms with Gasteiger partial charge in [-0.1, -0.05) is 12.1 Å². The van der Waals surface area contributed by atoms with Crippen LogP contribution in [0.2, 0.25) is 0 Å². The van der Waals surface area contributed by atoms with E-state index in [2.05, 4.69) is 5.32 Å². The smallest absolute Gasteiger partial charge is 0.176 e. The molecular formula is C12H18FNO2. The number of aryl methyl sites for hydroxylation is 1. The highest BCUT2D eigenvalue weighted by Gasteiger charge is 2.21. The molecule has 0 aliphatic heterocycles. The average Bonchev–Trinajstić information content (AvgIpc) is 2.29. The summed E-state index contributed by atoms with van der Waals surface area (Å²) in [7, 11) is 4.90.